The van der Waals surface area contributed by atoms with Gasteiger partial charge in [0.15, 0.2) is 0 Å². The van der Waals surface area contributed by atoms with Crippen LogP contribution in [0.1, 0.15) is 5.56 Å². The zero-order valence-electron chi connectivity index (χ0n) is 17.6. The lowest BCUT2D eigenvalue weighted by atomic mass is 10.1. The lowest BCUT2D eigenvalue weighted by Gasteiger charge is -2.53. The Balaban J connectivity index is 1.72. The average Bonchev–Trinajstić information content (AvgIpc) is 2.87. The second-order valence-electron chi connectivity index (χ2n) is 7.95. The second-order valence-corrected chi connectivity index (χ2v) is 9.03. The number of aliphatic imine (C=N–C) groups is 1. The summed E-state index contributed by atoms with van der Waals surface area (Å²) in [5.74, 6) is -7.78. The van der Waals surface area contributed by atoms with Crippen LogP contribution in [-0.4, -0.2) is 96.9 Å². The second kappa shape index (κ2) is 8.92. The molecule has 1 saturated heterocycles. The highest BCUT2D eigenvalue weighted by Gasteiger charge is 2.54. The summed E-state index contributed by atoms with van der Waals surface area (Å²) in [6, 6.07) is 14.5. The maximum atomic E-state index is 11.1. The molecule has 0 amide bonds. The van der Waals surface area contributed by atoms with Crippen molar-refractivity contribution in [3.05, 3.63) is 54.1 Å². The van der Waals surface area contributed by atoms with E-state index in [-0.39, 0.29) is 12.4 Å². The minimum absolute atomic E-state index is 0.0495. The predicted molar refractivity (Wildman–Crippen MR) is 118 cm³/mol. The van der Waals surface area contributed by atoms with Crippen LogP contribution >= 0.6 is 11.8 Å². The standard InChI is InChI=1S/C21H26N4O7S/c22-19(27)11-24(13-21(30,31)32-10-9-26)12-20(28,29)25(19)18-14-5-1-3-7-16(14)33-17-8-4-2-6-15(17)23-18/h1-8,26-31H,9-13,22H2. The number of aliphatic hydroxyl groups is 6. The molecule has 0 radical (unpaired) electrons. The molecule has 11 nitrogen and oxygen atoms in total. The van der Waals surface area contributed by atoms with Crippen molar-refractivity contribution < 1.29 is 35.4 Å². The van der Waals surface area contributed by atoms with Gasteiger partial charge in [-0.2, -0.15) is 0 Å². The van der Waals surface area contributed by atoms with Crippen LogP contribution in [-0.2, 0) is 4.74 Å². The van der Waals surface area contributed by atoms with Gasteiger partial charge in [-0.15, -0.1) is 0 Å². The number of ether oxygens (including phenoxy) is 1. The van der Waals surface area contributed by atoms with Crippen molar-refractivity contribution >= 4 is 23.3 Å². The zero-order chi connectivity index (χ0) is 23.9. The number of β-amino-alcohol motifs (C(OH)–C–C–N with tert-alkyl or cyclic N) is 5. The maximum Gasteiger partial charge on any atom is 0.291 e. The highest BCUT2D eigenvalue weighted by molar-refractivity contribution is 7.99. The van der Waals surface area contributed by atoms with E-state index < -0.39 is 44.0 Å². The van der Waals surface area contributed by atoms with Gasteiger partial charge in [0, 0.05) is 15.4 Å². The van der Waals surface area contributed by atoms with E-state index in [2.05, 4.69) is 4.99 Å². The van der Waals surface area contributed by atoms with E-state index in [0.29, 0.717) is 11.3 Å². The molecule has 2 aliphatic heterocycles. The molecule has 1 fully saturated rings. The minimum Gasteiger partial charge on any atom is -0.394 e. The Hall–Kier alpha value is -2.10. The number of benzene rings is 2. The third-order valence-corrected chi connectivity index (χ3v) is 6.28. The molecule has 8 N–H and O–H groups in total. The molecule has 2 aromatic carbocycles. The van der Waals surface area contributed by atoms with Crippen LogP contribution in [0.5, 0.6) is 0 Å². The largest absolute Gasteiger partial charge is 0.394 e. The van der Waals surface area contributed by atoms with Crippen molar-refractivity contribution in [3.63, 3.8) is 0 Å². The first-order valence-electron chi connectivity index (χ1n) is 10.2. The number of para-hydroxylation sites is 1. The summed E-state index contributed by atoms with van der Waals surface area (Å²) in [6.45, 7) is -2.38. The number of aliphatic hydroxyl groups excluding tert-OH is 1. The van der Waals surface area contributed by atoms with Gasteiger partial charge in [0.05, 0.1) is 38.5 Å². The molecule has 1 unspecified atom stereocenters. The molecule has 1 atom stereocenters. The Morgan fingerprint density at radius 1 is 1.03 bits per heavy atom. The quantitative estimate of drug-likeness (QED) is 0.255. The molecular weight excluding hydrogens is 452 g/mol. The SMILES string of the molecule is NC1(O)CN(CC(O)(O)OCCO)CC(O)(O)N1C1=Nc2ccccc2Sc2ccccc21. The lowest BCUT2D eigenvalue weighted by molar-refractivity contribution is -0.368. The van der Waals surface area contributed by atoms with Gasteiger partial charge in [-0.25, -0.2) is 4.99 Å². The summed E-state index contributed by atoms with van der Waals surface area (Å²) in [5, 5.41) is 61.9. The van der Waals surface area contributed by atoms with Crippen LogP contribution in [0.25, 0.3) is 0 Å². The molecule has 12 heteroatoms. The topological polar surface area (TPSA) is 175 Å². The summed E-state index contributed by atoms with van der Waals surface area (Å²) in [7, 11) is 0. The molecule has 0 bridgehead atoms. The van der Waals surface area contributed by atoms with Gasteiger partial charge in [-0.1, -0.05) is 42.1 Å². The van der Waals surface area contributed by atoms with E-state index in [9.17, 15) is 25.5 Å². The van der Waals surface area contributed by atoms with Gasteiger partial charge in [-0.3, -0.25) is 15.5 Å². The molecule has 0 aliphatic carbocycles. The molecule has 2 aromatic rings. The van der Waals surface area contributed by atoms with E-state index in [1.54, 1.807) is 24.3 Å². The Bertz CT molecular complexity index is 1030. The number of hydrogen-bond acceptors (Lipinski definition) is 12. The molecule has 0 aromatic heterocycles. The van der Waals surface area contributed by atoms with Crippen molar-refractivity contribution in [2.75, 3.05) is 32.8 Å². The van der Waals surface area contributed by atoms with E-state index in [1.807, 2.05) is 24.3 Å². The summed E-state index contributed by atoms with van der Waals surface area (Å²) >= 11 is 1.45. The van der Waals surface area contributed by atoms with Gasteiger partial charge in [0.1, 0.15) is 5.84 Å². The maximum absolute atomic E-state index is 11.1. The van der Waals surface area contributed by atoms with Crippen LogP contribution in [0.2, 0.25) is 0 Å². The molecular formula is C21H26N4O7S. The third-order valence-electron chi connectivity index (χ3n) is 5.14. The number of rotatable bonds is 5. The lowest BCUT2D eigenvalue weighted by Crippen LogP contribution is -2.78. The number of amidine groups is 1. The molecule has 2 heterocycles. The molecule has 2 aliphatic rings. The third kappa shape index (κ3) is 5.05. The van der Waals surface area contributed by atoms with Crippen LogP contribution in [0.15, 0.2) is 63.3 Å². The van der Waals surface area contributed by atoms with E-state index in [0.717, 1.165) is 19.6 Å². The van der Waals surface area contributed by atoms with Gasteiger partial charge < -0.3 is 35.4 Å². The normalized spacial score (nSPS) is 22.9. The van der Waals surface area contributed by atoms with Crippen molar-refractivity contribution in [1.29, 1.82) is 0 Å². The zero-order valence-corrected chi connectivity index (χ0v) is 18.4. The van der Waals surface area contributed by atoms with E-state index >= 15 is 0 Å². The van der Waals surface area contributed by atoms with Crippen LogP contribution in [0, 0.1) is 0 Å². The van der Waals surface area contributed by atoms with Crippen LogP contribution < -0.4 is 5.73 Å². The summed E-state index contributed by atoms with van der Waals surface area (Å²) in [5.41, 5.74) is 7.25. The molecule has 0 spiro atoms. The Morgan fingerprint density at radius 3 is 2.39 bits per heavy atom. The summed E-state index contributed by atoms with van der Waals surface area (Å²) in [4.78, 5) is 8.19. The van der Waals surface area contributed by atoms with E-state index in [4.69, 9.17) is 15.6 Å². The van der Waals surface area contributed by atoms with Gasteiger partial charge in [-0.05, 0) is 18.2 Å². The highest BCUT2D eigenvalue weighted by atomic mass is 32.2. The van der Waals surface area contributed by atoms with Gasteiger partial charge in [0.25, 0.3) is 11.9 Å². The van der Waals surface area contributed by atoms with Gasteiger partial charge >= 0.3 is 0 Å². The molecule has 178 valence electrons. The Labute approximate surface area is 194 Å². The van der Waals surface area contributed by atoms with Crippen molar-refractivity contribution in [2.45, 2.75) is 27.5 Å². The first-order valence-corrected chi connectivity index (χ1v) is 11.0. The number of nitrogens with two attached hydrogens (primary N) is 1. The number of nitrogens with zero attached hydrogens (tertiary/aromatic N) is 3. The molecule has 33 heavy (non-hydrogen) atoms. The number of hydrogen-bond donors (Lipinski definition) is 7. The predicted octanol–water partition coefficient (Wildman–Crippen LogP) is -1.26. The fourth-order valence-corrected chi connectivity index (χ4v) is 5.00. The fourth-order valence-electron chi connectivity index (χ4n) is 3.99. The van der Waals surface area contributed by atoms with Crippen molar-refractivity contribution in [1.82, 2.24) is 9.80 Å². The number of fused-ring (bicyclic) bond motifs is 2. The summed E-state index contributed by atoms with van der Waals surface area (Å²) < 4.78 is 4.76. The van der Waals surface area contributed by atoms with Crippen LogP contribution in [0.4, 0.5) is 5.69 Å². The minimum atomic E-state index is -2.75. The Morgan fingerprint density at radius 2 is 1.70 bits per heavy atom. The number of piperazine rings is 1. The molecule has 0 saturated carbocycles. The fraction of sp³-hybridized carbons (Fsp3) is 0.381. The smallest absolute Gasteiger partial charge is 0.291 e. The van der Waals surface area contributed by atoms with E-state index in [1.165, 1.54) is 11.8 Å². The first-order chi connectivity index (χ1) is 15.5. The van der Waals surface area contributed by atoms with Crippen molar-refractivity contribution in [3.8, 4) is 0 Å². The highest BCUT2D eigenvalue weighted by Crippen LogP contribution is 2.42. The summed E-state index contributed by atoms with van der Waals surface area (Å²) in [6.07, 6.45) is 0. The van der Waals surface area contributed by atoms with Crippen LogP contribution in [0.3, 0.4) is 0 Å². The van der Waals surface area contributed by atoms with Gasteiger partial charge in [0.2, 0.25) is 5.85 Å². The van der Waals surface area contributed by atoms with Crippen molar-refractivity contribution in [2.24, 2.45) is 10.7 Å². The monoisotopic (exact) mass is 478 g/mol. The molecule has 4 rings (SSSR count). The Kier molecular flexibility index (Phi) is 6.50. The average molecular weight is 479 g/mol. The first kappa shape index (κ1) is 24.0.